The number of anilines is 2. The van der Waals surface area contributed by atoms with Crippen molar-refractivity contribution in [3.63, 3.8) is 0 Å². The molecule has 8 nitrogen and oxygen atoms in total. The minimum atomic E-state index is -0.413. The Kier molecular flexibility index (Phi) is 4.60. The van der Waals surface area contributed by atoms with Crippen LogP contribution in [-0.2, 0) is 4.79 Å². The van der Waals surface area contributed by atoms with Crippen LogP contribution in [0.5, 0.6) is 0 Å². The number of halogens is 1. The number of aromatic nitrogens is 3. The van der Waals surface area contributed by atoms with Crippen LogP contribution in [0.3, 0.4) is 0 Å². The number of nitrogens with two attached hydrogens (primary N) is 2. The zero-order valence-corrected chi connectivity index (χ0v) is 11.9. The molecule has 0 unspecified atom stereocenters. The van der Waals surface area contributed by atoms with Gasteiger partial charge in [-0.25, -0.2) is 14.9 Å². The molecule has 0 saturated heterocycles. The zero-order chi connectivity index (χ0) is 15.4. The Balaban J connectivity index is 1.96. The molecule has 0 radical (unpaired) electrons. The summed E-state index contributed by atoms with van der Waals surface area (Å²) in [5.41, 5.74) is 3.47. The van der Waals surface area contributed by atoms with Gasteiger partial charge >= 0.3 is 0 Å². The van der Waals surface area contributed by atoms with Crippen molar-refractivity contribution in [3.8, 4) is 0 Å². The Hall–Kier alpha value is -2.33. The summed E-state index contributed by atoms with van der Waals surface area (Å²) in [6, 6.07) is 4.19. The molecule has 1 amide bonds. The molecule has 21 heavy (non-hydrogen) atoms. The van der Waals surface area contributed by atoms with E-state index >= 15 is 0 Å². The number of carbonyl (C=O) groups excluding carboxylic acids is 1. The molecule has 112 valence electrons. The van der Waals surface area contributed by atoms with Crippen molar-refractivity contribution in [2.45, 2.75) is 12.1 Å². The Morgan fingerprint density at radius 1 is 1.48 bits per heavy atom. The van der Waals surface area contributed by atoms with E-state index in [1.54, 1.807) is 13.0 Å². The van der Waals surface area contributed by atoms with Gasteiger partial charge in [0, 0.05) is 5.69 Å². The highest BCUT2D eigenvalue weighted by atomic mass is 32.2. The van der Waals surface area contributed by atoms with Crippen molar-refractivity contribution >= 4 is 29.3 Å². The maximum absolute atomic E-state index is 13.1. The largest absolute Gasteiger partial charge is 0.334 e. The van der Waals surface area contributed by atoms with Crippen LogP contribution in [0.25, 0.3) is 0 Å². The minimum Gasteiger partial charge on any atom is -0.334 e. The van der Waals surface area contributed by atoms with E-state index in [0.717, 1.165) is 22.0 Å². The summed E-state index contributed by atoms with van der Waals surface area (Å²) in [5, 5.41) is 10.4. The molecule has 0 fully saturated rings. The SMILES string of the molecule is Cc1ccc(F)cc1NC(=O)CSc1nnc(NN)n1N. The zero-order valence-electron chi connectivity index (χ0n) is 11.1. The Morgan fingerprint density at radius 3 is 2.90 bits per heavy atom. The summed E-state index contributed by atoms with van der Waals surface area (Å²) in [6.07, 6.45) is 0. The van der Waals surface area contributed by atoms with Crippen molar-refractivity contribution in [1.82, 2.24) is 14.9 Å². The van der Waals surface area contributed by atoms with Gasteiger partial charge in [0.25, 0.3) is 5.95 Å². The number of carbonyl (C=O) groups is 1. The van der Waals surface area contributed by atoms with E-state index in [-0.39, 0.29) is 17.6 Å². The molecular formula is C11H14FN7OS. The molecule has 1 aromatic heterocycles. The summed E-state index contributed by atoms with van der Waals surface area (Å²) >= 11 is 1.08. The highest BCUT2D eigenvalue weighted by Gasteiger charge is 2.12. The number of amides is 1. The third-order valence-corrected chi connectivity index (χ3v) is 3.54. The highest BCUT2D eigenvalue weighted by Crippen LogP contribution is 2.19. The van der Waals surface area contributed by atoms with Crippen LogP contribution in [0, 0.1) is 12.7 Å². The van der Waals surface area contributed by atoms with E-state index < -0.39 is 5.82 Å². The van der Waals surface area contributed by atoms with Gasteiger partial charge in [0.1, 0.15) is 5.82 Å². The maximum atomic E-state index is 13.1. The lowest BCUT2D eigenvalue weighted by atomic mass is 10.2. The van der Waals surface area contributed by atoms with E-state index in [2.05, 4.69) is 20.9 Å². The monoisotopic (exact) mass is 311 g/mol. The third kappa shape index (κ3) is 3.61. The highest BCUT2D eigenvalue weighted by molar-refractivity contribution is 7.99. The molecule has 0 aliphatic heterocycles. The van der Waals surface area contributed by atoms with E-state index in [4.69, 9.17) is 11.7 Å². The van der Waals surface area contributed by atoms with E-state index in [9.17, 15) is 9.18 Å². The van der Waals surface area contributed by atoms with Gasteiger partial charge in [0.15, 0.2) is 0 Å². The summed E-state index contributed by atoms with van der Waals surface area (Å²) in [6.45, 7) is 1.78. The number of aryl methyl sites for hydroxylation is 1. The number of rotatable bonds is 5. The van der Waals surface area contributed by atoms with Crippen LogP contribution >= 0.6 is 11.8 Å². The molecule has 2 aromatic rings. The van der Waals surface area contributed by atoms with Gasteiger partial charge in [-0.05, 0) is 24.6 Å². The first-order valence-electron chi connectivity index (χ1n) is 5.87. The van der Waals surface area contributed by atoms with Gasteiger partial charge in [-0.15, -0.1) is 10.2 Å². The number of hydrazine groups is 1. The Bertz CT molecular complexity index is 660. The molecule has 0 atom stereocenters. The van der Waals surface area contributed by atoms with Gasteiger partial charge in [-0.3, -0.25) is 10.2 Å². The first kappa shape index (κ1) is 15.1. The summed E-state index contributed by atoms with van der Waals surface area (Å²) < 4.78 is 14.3. The Labute approximate surface area is 124 Å². The van der Waals surface area contributed by atoms with Crippen molar-refractivity contribution < 1.29 is 9.18 Å². The first-order valence-corrected chi connectivity index (χ1v) is 6.85. The topological polar surface area (TPSA) is 124 Å². The molecule has 6 N–H and O–H groups in total. The van der Waals surface area contributed by atoms with Gasteiger partial charge in [-0.2, -0.15) is 0 Å². The second-order valence-corrected chi connectivity index (χ2v) is 5.06. The fourth-order valence-electron chi connectivity index (χ4n) is 1.52. The van der Waals surface area contributed by atoms with Crippen molar-refractivity contribution in [1.29, 1.82) is 0 Å². The lowest BCUT2D eigenvalue weighted by Crippen LogP contribution is -2.19. The van der Waals surface area contributed by atoms with Crippen molar-refractivity contribution in [3.05, 3.63) is 29.6 Å². The number of nitrogens with zero attached hydrogens (tertiary/aromatic N) is 3. The standard InChI is InChI=1S/C11H14FN7OS/c1-6-2-3-7(12)4-8(6)15-9(20)5-21-11-18-17-10(16-13)19(11)14/h2-4H,5,13-14H2,1H3,(H,15,20)(H,16,17). The fraction of sp³-hybridized carbons (Fsp3) is 0.182. The average Bonchev–Trinajstić information content (AvgIpc) is 2.81. The van der Waals surface area contributed by atoms with E-state index in [1.807, 2.05) is 0 Å². The molecule has 0 aliphatic carbocycles. The molecule has 10 heteroatoms. The molecule has 0 saturated carbocycles. The lowest BCUT2D eigenvalue weighted by Gasteiger charge is -2.08. The molecule has 2 rings (SSSR count). The summed E-state index contributed by atoms with van der Waals surface area (Å²) in [7, 11) is 0. The molecule has 1 heterocycles. The molecule has 1 aromatic carbocycles. The quantitative estimate of drug-likeness (QED) is 0.359. The molecular weight excluding hydrogens is 297 g/mol. The van der Waals surface area contributed by atoms with E-state index in [0.29, 0.717) is 10.8 Å². The van der Waals surface area contributed by atoms with Gasteiger partial charge in [-0.1, -0.05) is 17.8 Å². The second kappa shape index (κ2) is 6.41. The summed E-state index contributed by atoms with van der Waals surface area (Å²) in [5.74, 6) is 10.3. The molecule has 0 spiro atoms. The number of hydrogen-bond donors (Lipinski definition) is 4. The fourth-order valence-corrected chi connectivity index (χ4v) is 2.18. The van der Waals surface area contributed by atoms with Gasteiger partial charge < -0.3 is 11.2 Å². The number of benzene rings is 1. The average molecular weight is 311 g/mol. The van der Waals surface area contributed by atoms with Crippen LogP contribution in [-0.4, -0.2) is 26.5 Å². The molecule has 0 bridgehead atoms. The van der Waals surface area contributed by atoms with Crippen LogP contribution < -0.4 is 22.4 Å². The van der Waals surface area contributed by atoms with Crippen molar-refractivity contribution in [2.24, 2.45) is 5.84 Å². The predicted octanol–water partition coefficient (Wildman–Crippen LogP) is 0.456. The third-order valence-electron chi connectivity index (χ3n) is 2.60. The van der Waals surface area contributed by atoms with Crippen LogP contribution in [0.15, 0.2) is 23.4 Å². The molecule has 0 aliphatic rings. The normalized spacial score (nSPS) is 10.4. The summed E-state index contributed by atoms with van der Waals surface area (Å²) in [4.78, 5) is 11.8. The van der Waals surface area contributed by atoms with Crippen LogP contribution in [0.4, 0.5) is 16.0 Å². The number of nitrogen functional groups attached to an aromatic ring is 2. The van der Waals surface area contributed by atoms with E-state index in [1.165, 1.54) is 12.1 Å². The van der Waals surface area contributed by atoms with Crippen LogP contribution in [0.2, 0.25) is 0 Å². The lowest BCUT2D eigenvalue weighted by molar-refractivity contribution is -0.113. The van der Waals surface area contributed by atoms with Crippen LogP contribution in [0.1, 0.15) is 5.56 Å². The number of hydrogen-bond acceptors (Lipinski definition) is 7. The predicted molar refractivity (Wildman–Crippen MR) is 78.5 cm³/mol. The Morgan fingerprint density at radius 2 is 2.24 bits per heavy atom. The second-order valence-electron chi connectivity index (χ2n) is 4.12. The first-order chi connectivity index (χ1) is 10.0. The van der Waals surface area contributed by atoms with Gasteiger partial charge in [0.05, 0.1) is 5.75 Å². The van der Waals surface area contributed by atoms with Crippen molar-refractivity contribution in [2.75, 3.05) is 22.3 Å². The maximum Gasteiger partial charge on any atom is 0.258 e. The smallest absolute Gasteiger partial charge is 0.258 e. The minimum absolute atomic E-state index is 0.0514. The number of nitrogens with one attached hydrogen (secondary N) is 2. The van der Waals surface area contributed by atoms with Gasteiger partial charge in [0.2, 0.25) is 11.1 Å². The number of thioether (sulfide) groups is 1.